The standard InChI is InChI=1S/C33H30ClOP/c1-26-23-29(35-28-15-7-3-8-16-28)24-27(2)33(26)25-36(34,30-17-9-4-10-18-30,31-19-11-5-12-20-31)32-21-13-6-14-22-32/h3-24H,25H2,1-2H3. The summed E-state index contributed by atoms with van der Waals surface area (Å²) < 4.78 is 6.18. The third-order valence-corrected chi connectivity index (χ3v) is 14.1. The third kappa shape index (κ3) is 4.35. The van der Waals surface area contributed by atoms with E-state index < -0.39 is 5.96 Å². The number of ether oxygens (including phenoxy) is 1. The Labute approximate surface area is 219 Å². The molecule has 5 aromatic rings. The molecule has 0 N–H and O–H groups in total. The summed E-state index contributed by atoms with van der Waals surface area (Å²) in [5, 5.41) is 3.52. The van der Waals surface area contributed by atoms with Crippen molar-refractivity contribution in [3.05, 3.63) is 150 Å². The number of halogens is 1. The molecule has 0 atom stereocenters. The van der Waals surface area contributed by atoms with Crippen LogP contribution in [0.15, 0.2) is 133 Å². The van der Waals surface area contributed by atoms with Crippen LogP contribution in [0.4, 0.5) is 0 Å². The Kier molecular flexibility index (Phi) is 6.71. The Morgan fingerprint density at radius 1 is 0.528 bits per heavy atom. The topological polar surface area (TPSA) is 9.23 Å². The van der Waals surface area contributed by atoms with Crippen LogP contribution in [0.2, 0.25) is 0 Å². The van der Waals surface area contributed by atoms with Crippen molar-refractivity contribution < 1.29 is 4.74 Å². The van der Waals surface area contributed by atoms with Crippen molar-refractivity contribution in [1.82, 2.24) is 0 Å². The van der Waals surface area contributed by atoms with Crippen molar-refractivity contribution >= 4 is 33.1 Å². The van der Waals surface area contributed by atoms with Gasteiger partial charge in [-0.05, 0) is 0 Å². The first-order valence-corrected chi connectivity index (χ1v) is 15.5. The SMILES string of the molecule is Cc1cc(Oc2ccccc2)cc(C)c1CP(Cl)(c1ccccc1)(c1ccccc1)c1ccccc1. The number of para-hydroxylation sites is 1. The van der Waals surface area contributed by atoms with E-state index in [0.717, 1.165) is 11.5 Å². The second kappa shape index (κ2) is 9.94. The van der Waals surface area contributed by atoms with E-state index in [4.69, 9.17) is 16.0 Å². The number of hydrogen-bond donors (Lipinski definition) is 0. The van der Waals surface area contributed by atoms with Crippen LogP contribution in [-0.4, -0.2) is 0 Å². The molecule has 0 aliphatic carbocycles. The first-order chi connectivity index (χ1) is 17.5. The molecule has 0 aliphatic heterocycles. The van der Waals surface area contributed by atoms with E-state index in [0.29, 0.717) is 6.16 Å². The zero-order chi connectivity index (χ0) is 25.0. The predicted molar refractivity (Wildman–Crippen MR) is 157 cm³/mol. The van der Waals surface area contributed by atoms with Gasteiger partial charge in [-0.15, -0.1) is 0 Å². The van der Waals surface area contributed by atoms with Crippen LogP contribution in [0.3, 0.4) is 0 Å². The molecule has 0 bridgehead atoms. The van der Waals surface area contributed by atoms with Gasteiger partial charge in [0.05, 0.1) is 0 Å². The average Bonchev–Trinajstić information content (AvgIpc) is 2.93. The second-order valence-corrected chi connectivity index (χ2v) is 15.8. The van der Waals surface area contributed by atoms with Gasteiger partial charge in [0.25, 0.3) is 0 Å². The van der Waals surface area contributed by atoms with Crippen molar-refractivity contribution in [3.63, 3.8) is 0 Å². The van der Waals surface area contributed by atoms with E-state index in [1.54, 1.807) is 0 Å². The maximum absolute atomic E-state index is 8.32. The molecule has 0 saturated heterocycles. The zero-order valence-corrected chi connectivity index (χ0v) is 22.3. The van der Waals surface area contributed by atoms with Gasteiger partial charge in [0, 0.05) is 0 Å². The van der Waals surface area contributed by atoms with Gasteiger partial charge in [-0.2, -0.15) is 0 Å². The summed E-state index contributed by atoms with van der Waals surface area (Å²) >= 11 is 8.32. The van der Waals surface area contributed by atoms with Crippen molar-refractivity contribution in [2.75, 3.05) is 0 Å². The minimum atomic E-state index is -3.41. The molecule has 0 fully saturated rings. The van der Waals surface area contributed by atoms with Crippen LogP contribution < -0.4 is 20.7 Å². The molecule has 0 aliphatic rings. The molecular formula is C33H30ClOP. The van der Waals surface area contributed by atoms with Crippen LogP contribution >= 0.6 is 17.2 Å². The monoisotopic (exact) mass is 508 g/mol. The molecule has 5 aromatic carbocycles. The Bertz CT molecular complexity index is 1330. The summed E-state index contributed by atoms with van der Waals surface area (Å²) in [6.07, 6.45) is 0.717. The van der Waals surface area contributed by atoms with Crippen molar-refractivity contribution in [2.45, 2.75) is 20.0 Å². The van der Waals surface area contributed by atoms with Crippen LogP contribution in [-0.2, 0) is 6.16 Å². The molecular weight excluding hydrogens is 479 g/mol. The fourth-order valence-electron chi connectivity index (χ4n) is 5.12. The molecule has 1 nitrogen and oxygen atoms in total. The molecule has 0 heterocycles. The van der Waals surface area contributed by atoms with Crippen LogP contribution in [0, 0.1) is 13.8 Å². The molecule has 0 amide bonds. The van der Waals surface area contributed by atoms with Gasteiger partial charge >= 0.3 is 220 Å². The maximum atomic E-state index is 8.32. The summed E-state index contributed by atoms with van der Waals surface area (Å²) in [7, 11) is 0. The molecule has 0 unspecified atom stereocenters. The van der Waals surface area contributed by atoms with Gasteiger partial charge in [-0.1, -0.05) is 0 Å². The van der Waals surface area contributed by atoms with Gasteiger partial charge < -0.3 is 0 Å². The van der Waals surface area contributed by atoms with E-state index in [1.165, 1.54) is 32.6 Å². The van der Waals surface area contributed by atoms with E-state index in [9.17, 15) is 0 Å². The van der Waals surface area contributed by atoms with Gasteiger partial charge in [0.15, 0.2) is 0 Å². The van der Waals surface area contributed by atoms with E-state index in [2.05, 4.69) is 117 Å². The first-order valence-electron chi connectivity index (χ1n) is 12.2. The summed E-state index contributed by atoms with van der Waals surface area (Å²) in [6.45, 7) is 4.33. The van der Waals surface area contributed by atoms with Crippen LogP contribution in [0.1, 0.15) is 16.7 Å². The fraction of sp³-hybridized carbons (Fsp3) is 0.0909. The number of benzene rings is 5. The van der Waals surface area contributed by atoms with E-state index in [-0.39, 0.29) is 0 Å². The Morgan fingerprint density at radius 3 is 1.28 bits per heavy atom. The molecule has 36 heavy (non-hydrogen) atoms. The van der Waals surface area contributed by atoms with Crippen molar-refractivity contribution in [2.24, 2.45) is 0 Å². The number of aryl methyl sites for hydroxylation is 2. The van der Waals surface area contributed by atoms with E-state index in [1.807, 2.05) is 30.3 Å². The molecule has 0 saturated carbocycles. The van der Waals surface area contributed by atoms with Gasteiger partial charge in [0.2, 0.25) is 0 Å². The molecule has 5 rings (SSSR count). The molecule has 3 heteroatoms. The Hall–Kier alpha value is -3.38. The molecule has 0 aromatic heterocycles. The van der Waals surface area contributed by atoms with Gasteiger partial charge in [-0.25, -0.2) is 0 Å². The van der Waals surface area contributed by atoms with Gasteiger partial charge in [-0.3, -0.25) is 0 Å². The Morgan fingerprint density at radius 2 is 0.889 bits per heavy atom. The second-order valence-electron chi connectivity index (χ2n) is 9.30. The fourth-order valence-corrected chi connectivity index (χ4v) is 11.4. The van der Waals surface area contributed by atoms with Crippen molar-refractivity contribution in [3.8, 4) is 11.5 Å². The summed E-state index contributed by atoms with van der Waals surface area (Å²) in [5.41, 5.74) is 3.62. The number of hydrogen-bond acceptors (Lipinski definition) is 1. The molecule has 180 valence electrons. The third-order valence-electron chi connectivity index (χ3n) is 6.99. The van der Waals surface area contributed by atoms with E-state index >= 15 is 0 Å². The summed E-state index contributed by atoms with van der Waals surface area (Å²) in [6, 6.07) is 46.1. The molecule has 0 spiro atoms. The minimum absolute atomic E-state index is 0.717. The first kappa shape index (κ1) is 24.3. The quantitative estimate of drug-likeness (QED) is 0.201. The summed E-state index contributed by atoms with van der Waals surface area (Å²) in [5.74, 6) is -1.74. The average molecular weight is 509 g/mol. The van der Waals surface area contributed by atoms with Crippen molar-refractivity contribution in [1.29, 1.82) is 0 Å². The normalized spacial score (nSPS) is 12.5. The van der Waals surface area contributed by atoms with Gasteiger partial charge in [0.1, 0.15) is 0 Å². The summed E-state index contributed by atoms with van der Waals surface area (Å²) in [4.78, 5) is 0. The number of rotatable bonds is 7. The predicted octanol–water partition coefficient (Wildman–Crippen LogP) is 8.28. The Balaban J connectivity index is 1.72. The van der Waals surface area contributed by atoms with Crippen LogP contribution in [0.5, 0.6) is 11.5 Å². The molecule has 0 radical (unpaired) electrons. The van der Waals surface area contributed by atoms with Crippen LogP contribution in [0.25, 0.3) is 0 Å². The zero-order valence-electron chi connectivity index (χ0n) is 20.6.